The van der Waals surface area contributed by atoms with Gasteiger partial charge in [0.2, 0.25) is 5.91 Å². The van der Waals surface area contributed by atoms with Crippen molar-refractivity contribution in [2.75, 3.05) is 20.3 Å². The first-order chi connectivity index (χ1) is 12.7. The standard InChI is InChI=1S/C21H23NO4/c1-26-21(25)18-12-15(14-23)13-22(18)20(24)19(16-8-4-2-5-9-16)17-10-6-3-7-11-17/h2-11,15,18-19,23H,12-14H2,1H3/t15-,18-/m0/s1. The van der Waals surface area contributed by atoms with Gasteiger partial charge >= 0.3 is 5.97 Å². The Morgan fingerprint density at radius 1 is 1.08 bits per heavy atom. The van der Waals surface area contributed by atoms with E-state index in [2.05, 4.69) is 0 Å². The molecule has 0 unspecified atom stereocenters. The highest BCUT2D eigenvalue weighted by Gasteiger charge is 2.42. The molecule has 0 spiro atoms. The van der Waals surface area contributed by atoms with E-state index in [9.17, 15) is 14.7 Å². The lowest BCUT2D eigenvalue weighted by Gasteiger charge is -2.28. The number of rotatable bonds is 5. The molecule has 1 aliphatic rings. The average molecular weight is 353 g/mol. The molecule has 1 heterocycles. The van der Waals surface area contributed by atoms with E-state index in [1.54, 1.807) is 4.90 Å². The number of hydrogen-bond donors (Lipinski definition) is 1. The number of esters is 1. The quantitative estimate of drug-likeness (QED) is 0.837. The van der Waals surface area contributed by atoms with E-state index in [-0.39, 0.29) is 18.4 Å². The number of amides is 1. The van der Waals surface area contributed by atoms with Crippen molar-refractivity contribution in [2.45, 2.75) is 18.4 Å². The van der Waals surface area contributed by atoms with Crippen LogP contribution in [0.3, 0.4) is 0 Å². The first-order valence-electron chi connectivity index (χ1n) is 8.74. The van der Waals surface area contributed by atoms with E-state index in [1.165, 1.54) is 7.11 Å². The topological polar surface area (TPSA) is 66.8 Å². The lowest BCUT2D eigenvalue weighted by molar-refractivity contribution is -0.151. The van der Waals surface area contributed by atoms with E-state index >= 15 is 0 Å². The average Bonchev–Trinajstić information content (AvgIpc) is 3.14. The molecule has 0 saturated carbocycles. The monoisotopic (exact) mass is 353 g/mol. The first-order valence-corrected chi connectivity index (χ1v) is 8.74. The van der Waals surface area contributed by atoms with Crippen LogP contribution < -0.4 is 0 Å². The number of aliphatic hydroxyl groups excluding tert-OH is 1. The molecule has 0 radical (unpaired) electrons. The van der Waals surface area contributed by atoms with Crippen molar-refractivity contribution in [1.82, 2.24) is 4.90 Å². The lowest BCUT2D eigenvalue weighted by atomic mass is 9.90. The Hall–Kier alpha value is -2.66. The number of hydrogen-bond acceptors (Lipinski definition) is 4. The summed E-state index contributed by atoms with van der Waals surface area (Å²) in [6.45, 7) is 0.296. The first kappa shape index (κ1) is 18.1. The van der Waals surface area contributed by atoms with Crippen molar-refractivity contribution in [3.05, 3.63) is 71.8 Å². The van der Waals surface area contributed by atoms with Crippen LogP contribution in [-0.4, -0.2) is 48.2 Å². The maximum Gasteiger partial charge on any atom is 0.328 e. The van der Waals surface area contributed by atoms with Crippen LogP contribution in [0.15, 0.2) is 60.7 Å². The Morgan fingerprint density at radius 2 is 1.62 bits per heavy atom. The summed E-state index contributed by atoms with van der Waals surface area (Å²) in [5, 5.41) is 9.52. The second kappa shape index (κ2) is 8.15. The Kier molecular flexibility index (Phi) is 5.68. The van der Waals surface area contributed by atoms with Crippen LogP contribution in [0.4, 0.5) is 0 Å². The molecular formula is C21H23NO4. The minimum absolute atomic E-state index is 0.0569. The molecule has 2 aromatic rings. The van der Waals surface area contributed by atoms with Crippen LogP contribution in [0.25, 0.3) is 0 Å². The van der Waals surface area contributed by atoms with Gasteiger partial charge in [-0.25, -0.2) is 4.79 Å². The summed E-state index contributed by atoms with van der Waals surface area (Å²) in [6, 6.07) is 18.4. The van der Waals surface area contributed by atoms with Gasteiger partial charge in [-0.05, 0) is 17.5 Å². The van der Waals surface area contributed by atoms with Crippen molar-refractivity contribution in [3.63, 3.8) is 0 Å². The summed E-state index contributed by atoms with van der Waals surface area (Å²) in [5.74, 6) is -1.19. The molecular weight excluding hydrogens is 330 g/mol. The van der Waals surface area contributed by atoms with Crippen LogP contribution in [0.5, 0.6) is 0 Å². The van der Waals surface area contributed by atoms with Crippen LogP contribution in [0.1, 0.15) is 23.5 Å². The number of aliphatic hydroxyl groups is 1. The Bertz CT molecular complexity index is 708. The fourth-order valence-electron chi connectivity index (χ4n) is 3.59. The molecule has 3 rings (SSSR count). The van der Waals surface area contributed by atoms with E-state index in [1.807, 2.05) is 60.7 Å². The van der Waals surface area contributed by atoms with Crippen LogP contribution in [0, 0.1) is 5.92 Å². The third-order valence-electron chi connectivity index (χ3n) is 4.92. The smallest absolute Gasteiger partial charge is 0.328 e. The van der Waals surface area contributed by atoms with Crippen LogP contribution >= 0.6 is 0 Å². The minimum atomic E-state index is -0.653. The highest BCUT2D eigenvalue weighted by atomic mass is 16.5. The summed E-state index contributed by atoms with van der Waals surface area (Å²) in [5.41, 5.74) is 1.75. The summed E-state index contributed by atoms with van der Waals surface area (Å²) in [4.78, 5) is 27.2. The van der Waals surface area contributed by atoms with E-state index in [4.69, 9.17) is 4.74 Å². The number of ether oxygens (including phenoxy) is 1. The Balaban J connectivity index is 1.98. The van der Waals surface area contributed by atoms with Gasteiger partial charge in [-0.3, -0.25) is 4.79 Å². The fourth-order valence-corrected chi connectivity index (χ4v) is 3.59. The number of carbonyl (C=O) groups is 2. The van der Waals surface area contributed by atoms with Gasteiger partial charge in [0.25, 0.3) is 0 Å². The second-order valence-electron chi connectivity index (χ2n) is 6.57. The van der Waals surface area contributed by atoms with Crippen molar-refractivity contribution in [3.8, 4) is 0 Å². The molecule has 1 saturated heterocycles. The third-order valence-corrected chi connectivity index (χ3v) is 4.92. The molecule has 2 aromatic carbocycles. The number of carbonyl (C=O) groups excluding carboxylic acids is 2. The second-order valence-corrected chi connectivity index (χ2v) is 6.57. The molecule has 0 bridgehead atoms. The van der Waals surface area contributed by atoms with Crippen LogP contribution in [0.2, 0.25) is 0 Å². The molecule has 0 aliphatic carbocycles. The summed E-state index contributed by atoms with van der Waals surface area (Å²) in [7, 11) is 1.32. The Labute approximate surface area is 153 Å². The highest BCUT2D eigenvalue weighted by molar-refractivity contribution is 5.91. The van der Waals surface area contributed by atoms with Gasteiger partial charge in [0.05, 0.1) is 13.0 Å². The van der Waals surface area contributed by atoms with E-state index < -0.39 is 17.9 Å². The minimum Gasteiger partial charge on any atom is -0.467 e. The largest absolute Gasteiger partial charge is 0.467 e. The molecule has 5 heteroatoms. The molecule has 1 aliphatic heterocycles. The van der Waals surface area contributed by atoms with Gasteiger partial charge in [0, 0.05) is 19.1 Å². The van der Waals surface area contributed by atoms with Gasteiger partial charge in [-0.15, -0.1) is 0 Å². The fraction of sp³-hybridized carbons (Fsp3) is 0.333. The summed E-state index contributed by atoms with van der Waals surface area (Å²) < 4.78 is 4.88. The van der Waals surface area contributed by atoms with Gasteiger partial charge in [0.1, 0.15) is 6.04 Å². The van der Waals surface area contributed by atoms with Crippen molar-refractivity contribution in [1.29, 1.82) is 0 Å². The van der Waals surface area contributed by atoms with Crippen molar-refractivity contribution < 1.29 is 19.4 Å². The molecule has 26 heavy (non-hydrogen) atoms. The zero-order valence-corrected chi connectivity index (χ0v) is 14.7. The molecule has 136 valence electrons. The summed E-state index contributed by atoms with van der Waals surface area (Å²) in [6.07, 6.45) is 0.422. The van der Waals surface area contributed by atoms with Gasteiger partial charge in [-0.1, -0.05) is 60.7 Å². The lowest BCUT2D eigenvalue weighted by Crippen LogP contribution is -2.43. The number of methoxy groups -OCH3 is 1. The maximum atomic E-state index is 13.5. The van der Waals surface area contributed by atoms with E-state index in [0.29, 0.717) is 13.0 Å². The normalized spacial score (nSPS) is 19.6. The number of benzene rings is 2. The van der Waals surface area contributed by atoms with Crippen LogP contribution in [-0.2, 0) is 14.3 Å². The molecule has 2 atom stereocenters. The molecule has 5 nitrogen and oxygen atoms in total. The predicted octanol–water partition coefficient (Wildman–Crippen LogP) is 2.20. The van der Waals surface area contributed by atoms with Crippen molar-refractivity contribution in [2.24, 2.45) is 5.92 Å². The highest BCUT2D eigenvalue weighted by Crippen LogP contribution is 2.32. The SMILES string of the molecule is COC(=O)[C@@H]1C[C@H](CO)CN1C(=O)C(c1ccccc1)c1ccccc1. The maximum absolute atomic E-state index is 13.5. The van der Waals surface area contributed by atoms with Gasteiger partial charge < -0.3 is 14.7 Å². The molecule has 1 N–H and O–H groups in total. The predicted molar refractivity (Wildman–Crippen MR) is 97.4 cm³/mol. The molecule has 1 amide bonds. The van der Waals surface area contributed by atoms with E-state index in [0.717, 1.165) is 11.1 Å². The zero-order valence-electron chi connectivity index (χ0n) is 14.7. The summed E-state index contributed by atoms with van der Waals surface area (Å²) >= 11 is 0. The molecule has 1 fully saturated rings. The zero-order chi connectivity index (χ0) is 18.5. The van der Waals surface area contributed by atoms with Crippen molar-refractivity contribution >= 4 is 11.9 Å². The number of nitrogens with zero attached hydrogens (tertiary/aromatic N) is 1. The molecule has 0 aromatic heterocycles. The number of likely N-dealkylation sites (tertiary alicyclic amines) is 1. The van der Waals surface area contributed by atoms with Gasteiger partial charge in [-0.2, -0.15) is 0 Å². The Morgan fingerprint density at radius 3 is 2.08 bits per heavy atom. The third kappa shape index (κ3) is 3.63. The van der Waals surface area contributed by atoms with Gasteiger partial charge in [0.15, 0.2) is 0 Å².